The Labute approximate surface area is 117 Å². The van der Waals surface area contributed by atoms with Crippen LogP contribution in [-0.4, -0.2) is 35.3 Å². The van der Waals surface area contributed by atoms with Gasteiger partial charge in [0.05, 0.1) is 18.8 Å². The molecule has 1 aliphatic heterocycles. The Bertz CT molecular complexity index is 525. The van der Waals surface area contributed by atoms with Crippen LogP contribution in [0.5, 0.6) is 5.88 Å². The quantitative estimate of drug-likeness (QED) is 0.375. The number of hydrogen-bond acceptors (Lipinski definition) is 5. The van der Waals surface area contributed by atoms with E-state index in [0.29, 0.717) is 24.7 Å². The molecule has 1 fully saturated rings. The van der Waals surface area contributed by atoms with Crippen LogP contribution in [0.4, 0.5) is 0 Å². The topological polar surface area (TPSA) is 90.0 Å². The van der Waals surface area contributed by atoms with E-state index in [9.17, 15) is 0 Å². The number of nitrogens with two attached hydrogens (primary N) is 1. The SMILES string of the molecule is NC(=NO)c1cc2c(nc1OC1CCOCC1)CCC2. The van der Waals surface area contributed by atoms with Gasteiger partial charge in [-0.25, -0.2) is 4.98 Å². The number of aromatic nitrogens is 1. The first-order valence-electron chi connectivity index (χ1n) is 7.03. The van der Waals surface area contributed by atoms with Crippen molar-refractivity contribution in [2.75, 3.05) is 13.2 Å². The normalized spacial score (nSPS) is 19.9. The van der Waals surface area contributed by atoms with Gasteiger partial charge < -0.3 is 20.4 Å². The predicted octanol–water partition coefficient (Wildman–Crippen LogP) is 1.22. The zero-order valence-electron chi connectivity index (χ0n) is 11.3. The average Bonchev–Trinajstić information content (AvgIpc) is 2.94. The second-order valence-corrected chi connectivity index (χ2v) is 5.22. The number of aryl methyl sites for hydroxylation is 2. The molecule has 20 heavy (non-hydrogen) atoms. The van der Waals surface area contributed by atoms with Gasteiger partial charge in [0, 0.05) is 18.5 Å². The fourth-order valence-electron chi connectivity index (χ4n) is 2.73. The zero-order chi connectivity index (χ0) is 13.9. The van der Waals surface area contributed by atoms with Crippen LogP contribution in [0.3, 0.4) is 0 Å². The summed E-state index contributed by atoms with van der Waals surface area (Å²) < 4.78 is 11.3. The summed E-state index contributed by atoms with van der Waals surface area (Å²) in [5.41, 5.74) is 8.58. The van der Waals surface area contributed by atoms with Crippen LogP contribution in [0.1, 0.15) is 36.1 Å². The molecule has 0 saturated carbocycles. The van der Waals surface area contributed by atoms with E-state index in [1.807, 2.05) is 6.07 Å². The van der Waals surface area contributed by atoms with Crippen molar-refractivity contribution in [2.45, 2.75) is 38.2 Å². The number of rotatable bonds is 3. The largest absolute Gasteiger partial charge is 0.474 e. The molecule has 2 aliphatic rings. The summed E-state index contributed by atoms with van der Waals surface area (Å²) in [6, 6.07) is 1.94. The fourth-order valence-corrected chi connectivity index (χ4v) is 2.73. The molecule has 0 amide bonds. The van der Waals surface area contributed by atoms with Gasteiger partial charge >= 0.3 is 0 Å². The highest BCUT2D eigenvalue weighted by molar-refractivity contribution is 5.99. The number of hydrogen-bond donors (Lipinski definition) is 2. The Hall–Kier alpha value is -1.82. The van der Waals surface area contributed by atoms with Crippen molar-refractivity contribution in [2.24, 2.45) is 10.9 Å². The summed E-state index contributed by atoms with van der Waals surface area (Å²) in [6.07, 6.45) is 4.82. The monoisotopic (exact) mass is 277 g/mol. The Morgan fingerprint density at radius 3 is 2.95 bits per heavy atom. The van der Waals surface area contributed by atoms with Gasteiger partial charge in [-0.05, 0) is 30.9 Å². The van der Waals surface area contributed by atoms with E-state index in [-0.39, 0.29) is 11.9 Å². The second kappa shape index (κ2) is 5.66. The predicted molar refractivity (Wildman–Crippen MR) is 73.2 cm³/mol. The van der Waals surface area contributed by atoms with Crippen molar-refractivity contribution >= 4 is 5.84 Å². The molecule has 0 spiro atoms. The molecule has 0 aromatic carbocycles. The molecular weight excluding hydrogens is 258 g/mol. The van der Waals surface area contributed by atoms with Gasteiger partial charge in [-0.15, -0.1) is 0 Å². The lowest BCUT2D eigenvalue weighted by molar-refractivity contribution is 0.0236. The molecule has 0 bridgehead atoms. The van der Waals surface area contributed by atoms with Crippen LogP contribution in [-0.2, 0) is 17.6 Å². The van der Waals surface area contributed by atoms with Crippen LogP contribution in [0, 0.1) is 0 Å². The van der Waals surface area contributed by atoms with E-state index >= 15 is 0 Å². The highest BCUT2D eigenvalue weighted by Crippen LogP contribution is 2.28. The summed E-state index contributed by atoms with van der Waals surface area (Å²) in [7, 11) is 0. The lowest BCUT2D eigenvalue weighted by Gasteiger charge is -2.24. The minimum atomic E-state index is 0.0502. The third-order valence-corrected chi connectivity index (χ3v) is 3.85. The third-order valence-electron chi connectivity index (χ3n) is 3.85. The van der Waals surface area contributed by atoms with Gasteiger partial charge in [0.15, 0.2) is 5.84 Å². The van der Waals surface area contributed by atoms with Gasteiger partial charge in [0.1, 0.15) is 6.10 Å². The van der Waals surface area contributed by atoms with Crippen LogP contribution in [0.2, 0.25) is 0 Å². The Morgan fingerprint density at radius 2 is 2.20 bits per heavy atom. The molecule has 3 rings (SSSR count). The van der Waals surface area contributed by atoms with Gasteiger partial charge in [-0.1, -0.05) is 5.16 Å². The van der Waals surface area contributed by atoms with E-state index in [0.717, 1.165) is 37.8 Å². The summed E-state index contributed by atoms with van der Waals surface area (Å²) in [4.78, 5) is 4.58. The standard InChI is InChI=1S/C14H19N3O3/c15-13(17-18)11-8-9-2-1-3-12(9)16-14(11)20-10-4-6-19-7-5-10/h8,10,18H,1-7H2,(H2,15,17). The maximum absolute atomic E-state index is 8.93. The molecule has 1 aromatic rings. The van der Waals surface area contributed by atoms with Gasteiger partial charge in [0.2, 0.25) is 5.88 Å². The minimum absolute atomic E-state index is 0.0502. The van der Waals surface area contributed by atoms with Gasteiger partial charge in [0.25, 0.3) is 0 Å². The van der Waals surface area contributed by atoms with E-state index in [1.54, 1.807) is 0 Å². The van der Waals surface area contributed by atoms with Crippen molar-refractivity contribution in [1.29, 1.82) is 0 Å². The lowest BCUT2D eigenvalue weighted by Crippen LogP contribution is -2.28. The van der Waals surface area contributed by atoms with Crippen molar-refractivity contribution < 1.29 is 14.7 Å². The van der Waals surface area contributed by atoms with Gasteiger partial charge in [-0.2, -0.15) is 0 Å². The molecule has 3 N–H and O–H groups in total. The molecule has 1 saturated heterocycles. The first-order chi connectivity index (χ1) is 9.78. The molecule has 2 heterocycles. The number of pyridine rings is 1. The van der Waals surface area contributed by atoms with Crippen LogP contribution in [0.25, 0.3) is 0 Å². The van der Waals surface area contributed by atoms with E-state index in [2.05, 4.69) is 10.1 Å². The zero-order valence-corrected chi connectivity index (χ0v) is 11.3. The molecule has 1 aromatic heterocycles. The van der Waals surface area contributed by atoms with Gasteiger partial charge in [-0.3, -0.25) is 0 Å². The van der Waals surface area contributed by atoms with Crippen LogP contribution < -0.4 is 10.5 Å². The van der Waals surface area contributed by atoms with E-state index < -0.39 is 0 Å². The first kappa shape index (κ1) is 13.2. The van der Waals surface area contributed by atoms with Crippen molar-refractivity contribution in [3.8, 4) is 5.88 Å². The number of ether oxygens (including phenoxy) is 2. The lowest BCUT2D eigenvalue weighted by atomic mass is 10.1. The number of oxime groups is 1. The summed E-state index contributed by atoms with van der Waals surface area (Å²) in [5.74, 6) is 0.530. The summed E-state index contributed by atoms with van der Waals surface area (Å²) in [5, 5.41) is 12.0. The van der Waals surface area contributed by atoms with E-state index in [1.165, 1.54) is 5.56 Å². The smallest absolute Gasteiger partial charge is 0.225 e. The van der Waals surface area contributed by atoms with Crippen LogP contribution >= 0.6 is 0 Å². The maximum Gasteiger partial charge on any atom is 0.225 e. The van der Waals surface area contributed by atoms with Crippen molar-refractivity contribution in [1.82, 2.24) is 4.98 Å². The third kappa shape index (κ3) is 2.56. The van der Waals surface area contributed by atoms with Crippen molar-refractivity contribution in [3.05, 3.63) is 22.9 Å². The van der Waals surface area contributed by atoms with E-state index in [4.69, 9.17) is 20.4 Å². The molecular formula is C14H19N3O3. The Balaban J connectivity index is 1.90. The average molecular weight is 277 g/mol. The molecule has 0 radical (unpaired) electrons. The molecule has 6 nitrogen and oxygen atoms in total. The molecule has 1 aliphatic carbocycles. The Kier molecular flexibility index (Phi) is 3.73. The summed E-state index contributed by atoms with van der Waals surface area (Å²) in [6.45, 7) is 1.41. The minimum Gasteiger partial charge on any atom is -0.474 e. The summed E-state index contributed by atoms with van der Waals surface area (Å²) >= 11 is 0. The molecule has 6 heteroatoms. The van der Waals surface area contributed by atoms with Crippen LogP contribution in [0.15, 0.2) is 11.2 Å². The molecule has 0 unspecified atom stereocenters. The highest BCUT2D eigenvalue weighted by Gasteiger charge is 2.23. The second-order valence-electron chi connectivity index (χ2n) is 5.22. The van der Waals surface area contributed by atoms with Crippen molar-refractivity contribution in [3.63, 3.8) is 0 Å². The Morgan fingerprint density at radius 1 is 1.40 bits per heavy atom. The molecule has 0 atom stereocenters. The maximum atomic E-state index is 8.93. The highest BCUT2D eigenvalue weighted by atomic mass is 16.5. The fraction of sp³-hybridized carbons (Fsp3) is 0.571. The number of amidine groups is 1. The first-order valence-corrected chi connectivity index (χ1v) is 7.03. The number of nitrogens with zero attached hydrogens (tertiary/aromatic N) is 2. The molecule has 108 valence electrons. The number of fused-ring (bicyclic) bond motifs is 1.